The predicted octanol–water partition coefficient (Wildman–Crippen LogP) is 3.84. The lowest BCUT2D eigenvalue weighted by molar-refractivity contribution is 1.10. The highest BCUT2D eigenvalue weighted by molar-refractivity contribution is 9.10. The Bertz CT molecular complexity index is 537. The summed E-state index contributed by atoms with van der Waals surface area (Å²) in [6.45, 7) is 6.92. The van der Waals surface area contributed by atoms with Gasteiger partial charge in [-0.3, -0.25) is 0 Å². The second kappa shape index (κ2) is 5.14. The van der Waals surface area contributed by atoms with Crippen LogP contribution >= 0.6 is 27.3 Å². The van der Waals surface area contributed by atoms with Crippen molar-refractivity contribution in [3.8, 4) is 0 Å². The van der Waals surface area contributed by atoms with Crippen LogP contribution in [0.5, 0.6) is 0 Å². The SMILES string of the molecule is Cc1nc(C)c(CNc2cnc(Br)c(C)c2)s1. The molecule has 17 heavy (non-hydrogen) atoms. The maximum Gasteiger partial charge on any atom is 0.109 e. The standard InChI is InChI=1S/C12H14BrN3S/c1-7-4-10(5-15-12(7)13)14-6-11-8(2)16-9(3)17-11/h4-5,14H,6H2,1-3H3. The lowest BCUT2D eigenvalue weighted by Gasteiger charge is -2.06. The van der Waals surface area contributed by atoms with Crippen molar-refractivity contribution in [1.82, 2.24) is 9.97 Å². The van der Waals surface area contributed by atoms with Gasteiger partial charge in [0.2, 0.25) is 0 Å². The molecule has 0 radical (unpaired) electrons. The van der Waals surface area contributed by atoms with Gasteiger partial charge in [-0.25, -0.2) is 9.97 Å². The highest BCUT2D eigenvalue weighted by Gasteiger charge is 2.05. The van der Waals surface area contributed by atoms with E-state index in [0.717, 1.165) is 33.1 Å². The summed E-state index contributed by atoms with van der Waals surface area (Å²) in [5.74, 6) is 0. The minimum atomic E-state index is 0.806. The zero-order chi connectivity index (χ0) is 12.4. The van der Waals surface area contributed by atoms with Crippen molar-refractivity contribution in [2.75, 3.05) is 5.32 Å². The normalized spacial score (nSPS) is 10.6. The van der Waals surface area contributed by atoms with Crippen LogP contribution in [0.25, 0.3) is 0 Å². The van der Waals surface area contributed by atoms with Crippen molar-refractivity contribution >= 4 is 33.0 Å². The third-order valence-corrected chi connectivity index (χ3v) is 4.37. The quantitative estimate of drug-likeness (QED) is 0.875. The molecule has 0 spiro atoms. The van der Waals surface area contributed by atoms with Crippen LogP contribution < -0.4 is 5.32 Å². The molecule has 0 atom stereocenters. The minimum absolute atomic E-state index is 0.806. The summed E-state index contributed by atoms with van der Waals surface area (Å²) >= 11 is 5.13. The molecule has 2 aromatic heterocycles. The third-order valence-electron chi connectivity index (χ3n) is 2.47. The molecule has 0 aliphatic heterocycles. The maximum absolute atomic E-state index is 4.41. The van der Waals surface area contributed by atoms with Gasteiger partial charge in [0.1, 0.15) is 4.60 Å². The topological polar surface area (TPSA) is 37.8 Å². The second-order valence-corrected chi connectivity index (χ2v) is 5.97. The van der Waals surface area contributed by atoms with Crippen molar-refractivity contribution in [3.05, 3.63) is 38.0 Å². The van der Waals surface area contributed by atoms with E-state index in [1.807, 2.05) is 27.0 Å². The number of pyridine rings is 1. The van der Waals surface area contributed by atoms with Crippen molar-refractivity contribution < 1.29 is 0 Å². The number of thiazole rings is 1. The van der Waals surface area contributed by atoms with Crippen molar-refractivity contribution in [3.63, 3.8) is 0 Å². The molecule has 1 N–H and O–H groups in total. The number of nitrogens with zero attached hydrogens (tertiary/aromatic N) is 2. The Balaban J connectivity index is 2.07. The van der Waals surface area contributed by atoms with E-state index in [0.29, 0.717) is 0 Å². The summed E-state index contributed by atoms with van der Waals surface area (Å²) < 4.78 is 0.896. The number of anilines is 1. The van der Waals surface area contributed by atoms with Gasteiger partial charge in [0, 0.05) is 4.88 Å². The van der Waals surface area contributed by atoms with Crippen molar-refractivity contribution in [1.29, 1.82) is 0 Å². The second-order valence-electron chi connectivity index (χ2n) is 3.93. The summed E-state index contributed by atoms with van der Waals surface area (Å²) in [5.41, 5.74) is 3.28. The number of nitrogens with one attached hydrogen (secondary N) is 1. The van der Waals surface area contributed by atoms with Gasteiger partial charge in [0.15, 0.2) is 0 Å². The van der Waals surface area contributed by atoms with E-state index in [2.05, 4.69) is 37.3 Å². The lowest BCUT2D eigenvalue weighted by atomic mass is 10.3. The number of aryl methyl sites for hydroxylation is 3. The first-order valence-corrected chi connectivity index (χ1v) is 6.96. The van der Waals surface area contributed by atoms with Gasteiger partial charge in [-0.05, 0) is 48.3 Å². The van der Waals surface area contributed by atoms with Crippen LogP contribution in [0.3, 0.4) is 0 Å². The van der Waals surface area contributed by atoms with Gasteiger partial charge in [0.25, 0.3) is 0 Å². The van der Waals surface area contributed by atoms with Crippen LogP contribution in [-0.4, -0.2) is 9.97 Å². The van der Waals surface area contributed by atoms with E-state index in [1.165, 1.54) is 4.88 Å². The van der Waals surface area contributed by atoms with E-state index < -0.39 is 0 Å². The molecule has 90 valence electrons. The Kier molecular flexibility index (Phi) is 3.79. The van der Waals surface area contributed by atoms with Crippen molar-refractivity contribution in [2.24, 2.45) is 0 Å². The smallest absolute Gasteiger partial charge is 0.109 e. The van der Waals surface area contributed by atoms with Crippen LogP contribution in [0, 0.1) is 20.8 Å². The molecular formula is C12H14BrN3S. The predicted molar refractivity (Wildman–Crippen MR) is 75.6 cm³/mol. The molecule has 3 nitrogen and oxygen atoms in total. The molecule has 2 rings (SSSR count). The van der Waals surface area contributed by atoms with E-state index in [-0.39, 0.29) is 0 Å². The summed E-state index contributed by atoms with van der Waals surface area (Å²) in [6, 6.07) is 2.08. The van der Waals surface area contributed by atoms with Crippen LogP contribution in [-0.2, 0) is 6.54 Å². The highest BCUT2D eigenvalue weighted by atomic mass is 79.9. The average Bonchev–Trinajstić information content (AvgIpc) is 2.59. The summed E-state index contributed by atoms with van der Waals surface area (Å²) in [5, 5.41) is 4.49. The van der Waals surface area contributed by atoms with Crippen molar-refractivity contribution in [2.45, 2.75) is 27.3 Å². The zero-order valence-electron chi connectivity index (χ0n) is 10.0. The number of rotatable bonds is 3. The molecule has 0 saturated carbocycles. The van der Waals surface area contributed by atoms with Gasteiger partial charge < -0.3 is 5.32 Å². The Morgan fingerprint density at radius 2 is 2.12 bits per heavy atom. The molecule has 0 aromatic carbocycles. The molecule has 0 amide bonds. The van der Waals surface area contributed by atoms with E-state index in [4.69, 9.17) is 0 Å². The van der Waals surface area contributed by atoms with E-state index in [9.17, 15) is 0 Å². The van der Waals surface area contributed by atoms with E-state index in [1.54, 1.807) is 11.3 Å². The summed E-state index contributed by atoms with van der Waals surface area (Å²) in [6.07, 6.45) is 1.83. The third kappa shape index (κ3) is 3.04. The van der Waals surface area contributed by atoms with Gasteiger partial charge in [-0.1, -0.05) is 0 Å². The van der Waals surface area contributed by atoms with Gasteiger partial charge >= 0.3 is 0 Å². The fourth-order valence-corrected chi connectivity index (χ4v) is 2.67. The first kappa shape index (κ1) is 12.5. The lowest BCUT2D eigenvalue weighted by Crippen LogP contribution is -2.00. The largest absolute Gasteiger partial charge is 0.379 e. The number of hydrogen-bond donors (Lipinski definition) is 1. The Morgan fingerprint density at radius 3 is 2.71 bits per heavy atom. The molecule has 0 saturated heterocycles. The highest BCUT2D eigenvalue weighted by Crippen LogP contribution is 2.20. The molecule has 0 aliphatic rings. The molecule has 5 heteroatoms. The molecule has 0 fully saturated rings. The Morgan fingerprint density at radius 1 is 1.35 bits per heavy atom. The van der Waals surface area contributed by atoms with Crippen LogP contribution in [0.15, 0.2) is 16.9 Å². The first-order chi connectivity index (χ1) is 8.06. The van der Waals surface area contributed by atoms with Gasteiger partial charge in [0.05, 0.1) is 29.1 Å². The Labute approximate surface area is 113 Å². The average molecular weight is 312 g/mol. The van der Waals surface area contributed by atoms with Crippen LogP contribution in [0.4, 0.5) is 5.69 Å². The molecule has 0 unspecified atom stereocenters. The summed E-state index contributed by atoms with van der Waals surface area (Å²) in [4.78, 5) is 9.95. The molecule has 0 bridgehead atoms. The fraction of sp³-hybridized carbons (Fsp3) is 0.333. The fourth-order valence-electron chi connectivity index (χ4n) is 1.57. The number of aromatic nitrogens is 2. The van der Waals surface area contributed by atoms with Crippen LogP contribution in [0.2, 0.25) is 0 Å². The number of hydrogen-bond acceptors (Lipinski definition) is 4. The summed E-state index contributed by atoms with van der Waals surface area (Å²) in [7, 11) is 0. The number of halogens is 1. The van der Waals surface area contributed by atoms with E-state index >= 15 is 0 Å². The maximum atomic E-state index is 4.41. The molecule has 2 heterocycles. The first-order valence-electron chi connectivity index (χ1n) is 5.35. The zero-order valence-corrected chi connectivity index (χ0v) is 12.4. The molecule has 2 aromatic rings. The van der Waals surface area contributed by atoms with Crippen LogP contribution in [0.1, 0.15) is 21.1 Å². The monoisotopic (exact) mass is 311 g/mol. The Hall–Kier alpha value is -0.940. The minimum Gasteiger partial charge on any atom is -0.379 e. The van der Waals surface area contributed by atoms with Gasteiger partial charge in [-0.15, -0.1) is 11.3 Å². The molecular weight excluding hydrogens is 298 g/mol. The van der Waals surface area contributed by atoms with Gasteiger partial charge in [-0.2, -0.15) is 0 Å². The molecule has 0 aliphatic carbocycles.